The van der Waals surface area contributed by atoms with E-state index in [9.17, 15) is 10.1 Å². The molecule has 0 radical (unpaired) electrons. The first-order valence-electron chi connectivity index (χ1n) is 6.69. The number of nitrogens with zero attached hydrogens (tertiary/aromatic N) is 4. The van der Waals surface area contributed by atoms with E-state index in [1.807, 2.05) is 0 Å². The van der Waals surface area contributed by atoms with E-state index < -0.39 is 5.41 Å². The van der Waals surface area contributed by atoms with Crippen LogP contribution in [-0.4, -0.2) is 33.0 Å². The van der Waals surface area contributed by atoms with Gasteiger partial charge in [0.2, 0.25) is 5.91 Å². The van der Waals surface area contributed by atoms with E-state index in [4.69, 9.17) is 0 Å². The minimum atomic E-state index is -0.842. The molecular formula is C13H19N5O. The highest BCUT2D eigenvalue weighted by molar-refractivity contribution is 5.85. The maximum Gasteiger partial charge on any atom is 0.243 e. The zero-order valence-corrected chi connectivity index (χ0v) is 11.2. The molecule has 2 rings (SSSR count). The van der Waals surface area contributed by atoms with Crippen LogP contribution in [0, 0.1) is 16.7 Å². The van der Waals surface area contributed by atoms with Gasteiger partial charge in [-0.15, -0.1) is 0 Å². The summed E-state index contributed by atoms with van der Waals surface area (Å²) in [6, 6.07) is 2.28. The molecule has 1 amide bonds. The van der Waals surface area contributed by atoms with Gasteiger partial charge in [0.1, 0.15) is 17.6 Å². The fraction of sp³-hybridized carbons (Fsp3) is 0.692. The quantitative estimate of drug-likeness (QED) is 0.838. The first-order chi connectivity index (χ1) is 9.18. The number of aromatic nitrogens is 3. The fourth-order valence-corrected chi connectivity index (χ4v) is 2.67. The van der Waals surface area contributed by atoms with Crippen LogP contribution in [0.5, 0.6) is 0 Å². The molecule has 1 fully saturated rings. The molecular weight excluding hydrogens is 242 g/mol. The number of hydrogen-bond acceptors (Lipinski definition) is 4. The van der Waals surface area contributed by atoms with Gasteiger partial charge in [-0.2, -0.15) is 10.4 Å². The van der Waals surface area contributed by atoms with E-state index in [-0.39, 0.29) is 5.91 Å². The van der Waals surface area contributed by atoms with Crippen LogP contribution in [0.3, 0.4) is 0 Å². The molecule has 0 saturated heterocycles. The number of aromatic amines is 1. The molecule has 1 saturated carbocycles. The summed E-state index contributed by atoms with van der Waals surface area (Å²) in [4.78, 5) is 18.2. The minimum absolute atomic E-state index is 0.0895. The lowest BCUT2D eigenvalue weighted by molar-refractivity contribution is -0.139. The van der Waals surface area contributed by atoms with Gasteiger partial charge in [-0.05, 0) is 12.8 Å². The summed E-state index contributed by atoms with van der Waals surface area (Å²) in [7, 11) is 1.72. The Labute approximate surface area is 112 Å². The smallest absolute Gasteiger partial charge is 0.243 e. The summed E-state index contributed by atoms with van der Waals surface area (Å²) >= 11 is 0. The molecule has 0 aliphatic heterocycles. The van der Waals surface area contributed by atoms with Crippen molar-refractivity contribution in [2.75, 3.05) is 7.05 Å². The Morgan fingerprint density at radius 3 is 2.68 bits per heavy atom. The van der Waals surface area contributed by atoms with E-state index >= 15 is 0 Å². The van der Waals surface area contributed by atoms with Crippen LogP contribution in [0.4, 0.5) is 0 Å². The number of hydrogen-bond donors (Lipinski definition) is 1. The van der Waals surface area contributed by atoms with E-state index in [2.05, 4.69) is 21.3 Å². The topological polar surface area (TPSA) is 85.7 Å². The zero-order chi connectivity index (χ0) is 13.7. The Morgan fingerprint density at radius 1 is 1.47 bits per heavy atom. The normalized spacial score (nSPS) is 18.3. The summed E-state index contributed by atoms with van der Waals surface area (Å²) in [5.74, 6) is 0.547. The van der Waals surface area contributed by atoms with Gasteiger partial charge in [-0.25, -0.2) is 4.98 Å². The first kappa shape index (κ1) is 13.5. The Bertz CT molecular complexity index is 454. The summed E-state index contributed by atoms with van der Waals surface area (Å²) in [6.07, 6.45) is 6.89. The van der Waals surface area contributed by atoms with Gasteiger partial charge in [-0.3, -0.25) is 9.89 Å². The van der Waals surface area contributed by atoms with Crippen molar-refractivity contribution in [1.29, 1.82) is 5.26 Å². The number of amides is 1. The number of carbonyl (C=O) groups is 1. The van der Waals surface area contributed by atoms with Gasteiger partial charge < -0.3 is 4.90 Å². The van der Waals surface area contributed by atoms with Crippen LogP contribution >= 0.6 is 0 Å². The maximum absolute atomic E-state index is 12.6. The van der Waals surface area contributed by atoms with Crippen molar-refractivity contribution in [3.8, 4) is 6.07 Å². The highest BCUT2D eigenvalue weighted by Crippen LogP contribution is 2.36. The van der Waals surface area contributed by atoms with E-state index in [1.54, 1.807) is 11.9 Å². The standard InChI is InChI=1S/C13H19N5O/c1-18(8-11-15-10-16-17-11)12(19)13(9-14)6-4-2-3-5-7-13/h10H,2-8H2,1H3,(H,15,16,17). The van der Waals surface area contributed by atoms with Crippen molar-refractivity contribution < 1.29 is 4.79 Å². The Hall–Kier alpha value is -1.90. The van der Waals surface area contributed by atoms with Crippen LogP contribution in [0.2, 0.25) is 0 Å². The number of rotatable bonds is 3. The average molecular weight is 261 g/mol. The molecule has 1 aliphatic carbocycles. The van der Waals surface area contributed by atoms with E-state index in [0.717, 1.165) is 25.7 Å². The predicted octanol–water partition coefficient (Wildman–Crippen LogP) is 1.63. The summed E-state index contributed by atoms with van der Waals surface area (Å²) in [6.45, 7) is 0.363. The molecule has 1 aromatic rings. The highest BCUT2D eigenvalue weighted by Gasteiger charge is 2.40. The molecule has 0 atom stereocenters. The van der Waals surface area contributed by atoms with Crippen molar-refractivity contribution in [2.24, 2.45) is 5.41 Å². The Balaban J connectivity index is 2.09. The van der Waals surface area contributed by atoms with Crippen molar-refractivity contribution in [3.05, 3.63) is 12.2 Å². The molecule has 0 bridgehead atoms. The Morgan fingerprint density at radius 2 is 2.16 bits per heavy atom. The summed E-state index contributed by atoms with van der Waals surface area (Å²) in [5.41, 5.74) is -0.842. The van der Waals surface area contributed by atoms with Crippen molar-refractivity contribution in [1.82, 2.24) is 20.1 Å². The van der Waals surface area contributed by atoms with Gasteiger partial charge in [0, 0.05) is 7.05 Å². The second-order valence-corrected chi connectivity index (χ2v) is 5.20. The van der Waals surface area contributed by atoms with Crippen LogP contribution in [0.1, 0.15) is 44.3 Å². The number of carbonyl (C=O) groups excluding carboxylic acids is 1. The zero-order valence-electron chi connectivity index (χ0n) is 11.2. The SMILES string of the molecule is CN(Cc1ncn[nH]1)C(=O)C1(C#N)CCCCCC1. The van der Waals surface area contributed by atoms with Crippen LogP contribution < -0.4 is 0 Å². The van der Waals surface area contributed by atoms with Crippen molar-refractivity contribution >= 4 is 5.91 Å². The number of H-pyrrole nitrogens is 1. The third kappa shape index (κ3) is 2.92. The monoisotopic (exact) mass is 261 g/mol. The molecule has 102 valence electrons. The van der Waals surface area contributed by atoms with Gasteiger partial charge in [0.05, 0.1) is 12.6 Å². The van der Waals surface area contributed by atoms with Crippen molar-refractivity contribution in [2.45, 2.75) is 45.1 Å². The lowest BCUT2D eigenvalue weighted by Gasteiger charge is -2.28. The summed E-state index contributed by atoms with van der Waals surface area (Å²) < 4.78 is 0. The fourth-order valence-electron chi connectivity index (χ4n) is 2.67. The van der Waals surface area contributed by atoms with Gasteiger partial charge in [0.25, 0.3) is 0 Å². The lowest BCUT2D eigenvalue weighted by Crippen LogP contribution is -2.41. The molecule has 1 aliphatic rings. The average Bonchev–Trinajstić information content (AvgIpc) is 2.80. The highest BCUT2D eigenvalue weighted by atomic mass is 16.2. The summed E-state index contributed by atoms with van der Waals surface area (Å²) in [5, 5.41) is 16.0. The molecule has 1 N–H and O–H groups in total. The second kappa shape index (κ2) is 5.83. The molecule has 0 aromatic carbocycles. The third-order valence-corrected chi connectivity index (χ3v) is 3.78. The van der Waals surface area contributed by atoms with E-state index in [0.29, 0.717) is 25.2 Å². The Kier molecular flexibility index (Phi) is 4.15. The second-order valence-electron chi connectivity index (χ2n) is 5.20. The van der Waals surface area contributed by atoms with Crippen LogP contribution in [0.25, 0.3) is 0 Å². The molecule has 0 unspecified atom stereocenters. The van der Waals surface area contributed by atoms with Crippen LogP contribution in [0.15, 0.2) is 6.33 Å². The van der Waals surface area contributed by atoms with Crippen LogP contribution in [-0.2, 0) is 11.3 Å². The van der Waals surface area contributed by atoms with Crippen molar-refractivity contribution in [3.63, 3.8) is 0 Å². The molecule has 1 aromatic heterocycles. The number of nitrogens with one attached hydrogen (secondary N) is 1. The molecule has 0 spiro atoms. The van der Waals surface area contributed by atoms with E-state index in [1.165, 1.54) is 6.33 Å². The van der Waals surface area contributed by atoms with Gasteiger partial charge >= 0.3 is 0 Å². The molecule has 6 heteroatoms. The largest absolute Gasteiger partial charge is 0.337 e. The minimum Gasteiger partial charge on any atom is -0.337 e. The van der Waals surface area contributed by atoms with Gasteiger partial charge in [0.15, 0.2) is 0 Å². The molecule has 19 heavy (non-hydrogen) atoms. The predicted molar refractivity (Wildman–Crippen MR) is 68.6 cm³/mol. The third-order valence-electron chi connectivity index (χ3n) is 3.78. The maximum atomic E-state index is 12.6. The number of nitriles is 1. The molecule has 6 nitrogen and oxygen atoms in total. The first-order valence-corrected chi connectivity index (χ1v) is 6.69. The lowest BCUT2D eigenvalue weighted by atomic mass is 9.80. The van der Waals surface area contributed by atoms with Gasteiger partial charge in [-0.1, -0.05) is 25.7 Å². The molecule has 1 heterocycles.